The minimum atomic E-state index is 0.0728. The van der Waals surface area contributed by atoms with Crippen molar-refractivity contribution in [3.63, 3.8) is 0 Å². The summed E-state index contributed by atoms with van der Waals surface area (Å²) in [6, 6.07) is 5.57. The van der Waals surface area contributed by atoms with E-state index in [-0.39, 0.29) is 6.61 Å². The number of hydrogen-bond donors (Lipinski definition) is 2. The standard InChI is InChI=1S/C8H10ClNO/c1-6-4-7(5-11)2-3-8(6)10-9/h2-4,10-11H,5H2,1H3. The maximum Gasteiger partial charge on any atom is 0.0681 e. The topological polar surface area (TPSA) is 32.3 Å². The van der Waals surface area contributed by atoms with Crippen molar-refractivity contribution in [1.82, 2.24) is 0 Å². The van der Waals surface area contributed by atoms with Gasteiger partial charge in [0.15, 0.2) is 0 Å². The van der Waals surface area contributed by atoms with Gasteiger partial charge in [-0.05, 0) is 24.1 Å². The maximum atomic E-state index is 8.77. The third kappa shape index (κ3) is 1.85. The Morgan fingerprint density at radius 2 is 2.27 bits per heavy atom. The van der Waals surface area contributed by atoms with Gasteiger partial charge < -0.3 is 5.11 Å². The first-order chi connectivity index (χ1) is 5.27. The van der Waals surface area contributed by atoms with E-state index in [0.717, 1.165) is 16.8 Å². The molecule has 0 radical (unpaired) electrons. The van der Waals surface area contributed by atoms with Crippen LogP contribution in [0.3, 0.4) is 0 Å². The number of aryl methyl sites for hydroxylation is 1. The lowest BCUT2D eigenvalue weighted by molar-refractivity contribution is 0.282. The molecule has 0 bridgehead atoms. The molecule has 0 saturated carbocycles. The molecule has 0 saturated heterocycles. The van der Waals surface area contributed by atoms with Gasteiger partial charge in [-0.3, -0.25) is 4.84 Å². The molecule has 0 heterocycles. The Morgan fingerprint density at radius 1 is 1.55 bits per heavy atom. The van der Waals surface area contributed by atoms with E-state index in [1.165, 1.54) is 0 Å². The SMILES string of the molecule is Cc1cc(CO)ccc1NCl. The van der Waals surface area contributed by atoms with Gasteiger partial charge in [0, 0.05) is 11.8 Å². The average Bonchev–Trinajstić information content (AvgIpc) is 2.04. The van der Waals surface area contributed by atoms with Crippen LogP contribution >= 0.6 is 11.8 Å². The Hall–Kier alpha value is -0.730. The van der Waals surface area contributed by atoms with Crippen molar-refractivity contribution in [3.8, 4) is 0 Å². The summed E-state index contributed by atoms with van der Waals surface area (Å²) in [6.45, 7) is 2.01. The van der Waals surface area contributed by atoms with Gasteiger partial charge in [-0.2, -0.15) is 0 Å². The van der Waals surface area contributed by atoms with Crippen molar-refractivity contribution in [2.45, 2.75) is 13.5 Å². The van der Waals surface area contributed by atoms with Crippen LogP contribution < -0.4 is 4.84 Å². The Bertz CT molecular complexity index is 250. The molecule has 0 unspecified atom stereocenters. The third-order valence-electron chi connectivity index (χ3n) is 1.58. The molecular formula is C8H10ClNO. The van der Waals surface area contributed by atoms with Gasteiger partial charge in [0.2, 0.25) is 0 Å². The van der Waals surface area contributed by atoms with E-state index in [1.807, 2.05) is 25.1 Å². The largest absolute Gasteiger partial charge is 0.392 e. The summed E-state index contributed by atoms with van der Waals surface area (Å²) in [4.78, 5) is 2.54. The Kier molecular flexibility index (Phi) is 2.74. The highest BCUT2D eigenvalue weighted by atomic mass is 35.5. The molecule has 0 aliphatic heterocycles. The van der Waals surface area contributed by atoms with Crippen molar-refractivity contribution >= 4 is 17.5 Å². The Morgan fingerprint density at radius 3 is 2.73 bits per heavy atom. The van der Waals surface area contributed by atoms with Crippen molar-refractivity contribution in [1.29, 1.82) is 0 Å². The van der Waals surface area contributed by atoms with Crippen molar-refractivity contribution in [3.05, 3.63) is 29.3 Å². The summed E-state index contributed by atoms with van der Waals surface area (Å²) in [5.74, 6) is 0. The van der Waals surface area contributed by atoms with Crippen LogP contribution in [0.2, 0.25) is 0 Å². The van der Waals surface area contributed by atoms with Crippen LogP contribution in [-0.2, 0) is 6.61 Å². The normalized spacial score (nSPS) is 9.73. The highest BCUT2D eigenvalue weighted by molar-refractivity contribution is 6.24. The zero-order valence-corrected chi connectivity index (χ0v) is 7.02. The molecular weight excluding hydrogens is 162 g/mol. The summed E-state index contributed by atoms with van der Waals surface area (Å²) in [6.07, 6.45) is 0. The second-order valence-corrected chi connectivity index (χ2v) is 2.59. The van der Waals surface area contributed by atoms with E-state index in [9.17, 15) is 0 Å². The first-order valence-electron chi connectivity index (χ1n) is 3.35. The number of rotatable bonds is 2. The minimum Gasteiger partial charge on any atom is -0.392 e. The summed E-state index contributed by atoms with van der Waals surface area (Å²) in [5, 5.41) is 8.77. The van der Waals surface area contributed by atoms with Gasteiger partial charge in [-0.1, -0.05) is 12.1 Å². The van der Waals surface area contributed by atoms with E-state index in [1.54, 1.807) is 0 Å². The van der Waals surface area contributed by atoms with Gasteiger partial charge in [0.05, 0.1) is 12.3 Å². The number of halogens is 1. The smallest absolute Gasteiger partial charge is 0.0681 e. The van der Waals surface area contributed by atoms with Gasteiger partial charge in [0.25, 0.3) is 0 Å². The quantitative estimate of drug-likeness (QED) is 0.668. The molecule has 1 aromatic carbocycles. The lowest BCUT2D eigenvalue weighted by Gasteiger charge is -2.03. The third-order valence-corrected chi connectivity index (χ3v) is 1.78. The van der Waals surface area contributed by atoms with E-state index < -0.39 is 0 Å². The van der Waals surface area contributed by atoms with E-state index >= 15 is 0 Å². The number of hydrogen-bond acceptors (Lipinski definition) is 2. The predicted molar refractivity (Wildman–Crippen MR) is 46.6 cm³/mol. The number of aliphatic hydroxyl groups excluding tert-OH is 1. The van der Waals surface area contributed by atoms with Gasteiger partial charge >= 0.3 is 0 Å². The van der Waals surface area contributed by atoms with Crippen molar-refractivity contribution < 1.29 is 5.11 Å². The fraction of sp³-hybridized carbons (Fsp3) is 0.250. The Balaban J connectivity index is 2.99. The van der Waals surface area contributed by atoms with Gasteiger partial charge in [-0.15, -0.1) is 0 Å². The lowest BCUT2D eigenvalue weighted by atomic mass is 10.1. The van der Waals surface area contributed by atoms with Crippen LogP contribution in [0.4, 0.5) is 5.69 Å². The lowest BCUT2D eigenvalue weighted by Crippen LogP contribution is -1.88. The molecule has 0 aliphatic carbocycles. The zero-order chi connectivity index (χ0) is 8.27. The van der Waals surface area contributed by atoms with E-state index in [2.05, 4.69) is 4.84 Å². The summed E-state index contributed by atoms with van der Waals surface area (Å²) in [7, 11) is 0. The molecule has 0 atom stereocenters. The predicted octanol–water partition coefficient (Wildman–Crippen LogP) is 2.05. The second kappa shape index (κ2) is 3.60. The minimum absolute atomic E-state index is 0.0728. The molecule has 60 valence electrons. The molecule has 3 heteroatoms. The zero-order valence-electron chi connectivity index (χ0n) is 6.26. The fourth-order valence-electron chi connectivity index (χ4n) is 0.930. The van der Waals surface area contributed by atoms with Crippen LogP contribution in [0.25, 0.3) is 0 Å². The van der Waals surface area contributed by atoms with Gasteiger partial charge in [-0.25, -0.2) is 0 Å². The maximum absolute atomic E-state index is 8.77. The number of anilines is 1. The van der Waals surface area contributed by atoms with Crippen molar-refractivity contribution in [2.24, 2.45) is 0 Å². The van der Waals surface area contributed by atoms with E-state index in [4.69, 9.17) is 16.9 Å². The highest BCUT2D eigenvalue weighted by Crippen LogP contribution is 2.16. The molecule has 11 heavy (non-hydrogen) atoms. The fourth-order valence-corrected chi connectivity index (χ4v) is 1.14. The first kappa shape index (κ1) is 8.37. The van der Waals surface area contributed by atoms with Crippen LogP contribution in [0.15, 0.2) is 18.2 Å². The number of nitrogens with one attached hydrogen (secondary N) is 1. The molecule has 1 aromatic rings. The van der Waals surface area contributed by atoms with Crippen LogP contribution in [0.5, 0.6) is 0 Å². The molecule has 0 aromatic heterocycles. The number of aliphatic hydroxyl groups is 1. The summed E-state index contributed by atoms with van der Waals surface area (Å²) >= 11 is 5.42. The molecule has 0 aliphatic rings. The monoisotopic (exact) mass is 171 g/mol. The molecule has 0 amide bonds. The second-order valence-electron chi connectivity index (χ2n) is 2.40. The van der Waals surface area contributed by atoms with E-state index in [0.29, 0.717) is 0 Å². The molecule has 0 fully saturated rings. The number of benzene rings is 1. The van der Waals surface area contributed by atoms with Crippen molar-refractivity contribution in [2.75, 3.05) is 4.84 Å². The molecule has 1 rings (SSSR count). The van der Waals surface area contributed by atoms with Crippen LogP contribution in [0.1, 0.15) is 11.1 Å². The van der Waals surface area contributed by atoms with Crippen LogP contribution in [-0.4, -0.2) is 5.11 Å². The average molecular weight is 172 g/mol. The highest BCUT2D eigenvalue weighted by Gasteiger charge is 1.96. The molecule has 2 N–H and O–H groups in total. The molecule has 0 spiro atoms. The summed E-state index contributed by atoms with van der Waals surface area (Å²) < 4.78 is 0. The Labute approximate surface area is 70.9 Å². The first-order valence-corrected chi connectivity index (χ1v) is 3.72. The van der Waals surface area contributed by atoms with Gasteiger partial charge in [0.1, 0.15) is 0 Å². The summed E-state index contributed by atoms with van der Waals surface area (Å²) in [5.41, 5.74) is 2.81. The van der Waals surface area contributed by atoms with Crippen LogP contribution in [0, 0.1) is 6.92 Å². The molecule has 2 nitrogen and oxygen atoms in total.